The number of anilines is 1. The molecular formula is C26H26F6N2O3. The Labute approximate surface area is 209 Å². The number of fused-ring (bicyclic) bond motifs is 4. The molecule has 2 aliphatic heterocycles. The van der Waals surface area contributed by atoms with Crippen molar-refractivity contribution in [3.63, 3.8) is 0 Å². The highest BCUT2D eigenvalue weighted by Gasteiger charge is 2.71. The molecule has 2 unspecified atom stereocenters. The third-order valence-electron chi connectivity index (χ3n) is 7.24. The number of halogens is 6. The van der Waals surface area contributed by atoms with Crippen LogP contribution in [0.3, 0.4) is 0 Å². The van der Waals surface area contributed by atoms with Gasteiger partial charge in [0, 0.05) is 48.3 Å². The summed E-state index contributed by atoms with van der Waals surface area (Å²) < 4.78 is 86.9. The molecule has 0 aromatic heterocycles. The Morgan fingerprint density at radius 1 is 1.08 bits per heavy atom. The number of nitrogens with one attached hydrogen (secondary N) is 1. The molecule has 37 heavy (non-hydrogen) atoms. The number of likely N-dealkylation sites (N-methyl/N-ethyl adjacent to an activating group) is 1. The number of carbonyl (C=O) groups excluding carboxylic acids is 1. The van der Waals surface area contributed by atoms with E-state index in [1.807, 2.05) is 6.07 Å². The Morgan fingerprint density at radius 3 is 2.32 bits per heavy atom. The topological polar surface area (TPSA) is 61.8 Å². The summed E-state index contributed by atoms with van der Waals surface area (Å²) in [6.07, 6.45) is -8.88. The van der Waals surface area contributed by atoms with Crippen LogP contribution in [0, 0.1) is 5.92 Å². The summed E-state index contributed by atoms with van der Waals surface area (Å²) in [5.74, 6) is 0.0191. The van der Waals surface area contributed by atoms with E-state index in [1.54, 1.807) is 46.2 Å². The lowest BCUT2D eigenvalue weighted by Gasteiger charge is -2.49. The van der Waals surface area contributed by atoms with Crippen LogP contribution in [0.2, 0.25) is 0 Å². The van der Waals surface area contributed by atoms with E-state index in [2.05, 4.69) is 5.32 Å². The Kier molecular flexibility index (Phi) is 6.30. The van der Waals surface area contributed by atoms with E-state index in [0.717, 1.165) is 23.3 Å². The molecule has 2 aliphatic rings. The molecular weight excluding hydrogens is 502 g/mol. The van der Waals surface area contributed by atoms with Gasteiger partial charge in [-0.2, -0.15) is 26.3 Å². The second-order valence-electron chi connectivity index (χ2n) is 10.1. The first-order valence-corrected chi connectivity index (χ1v) is 11.4. The van der Waals surface area contributed by atoms with Crippen molar-refractivity contribution in [2.45, 2.75) is 43.3 Å². The van der Waals surface area contributed by atoms with Gasteiger partial charge in [-0.25, -0.2) is 0 Å². The first-order valence-electron chi connectivity index (χ1n) is 11.4. The van der Waals surface area contributed by atoms with E-state index < -0.39 is 28.9 Å². The zero-order chi connectivity index (χ0) is 27.6. The van der Waals surface area contributed by atoms with Crippen molar-refractivity contribution < 1.29 is 41.0 Å². The maximum absolute atomic E-state index is 13.5. The molecule has 0 bridgehead atoms. The smallest absolute Gasteiger partial charge is 0.430 e. The summed E-state index contributed by atoms with van der Waals surface area (Å²) >= 11 is 0. The average Bonchev–Trinajstić information content (AvgIpc) is 2.80. The minimum absolute atomic E-state index is 0.165. The molecule has 0 fully saturated rings. The number of alkyl halides is 6. The molecule has 2 aromatic rings. The van der Waals surface area contributed by atoms with Crippen molar-refractivity contribution >= 4 is 17.7 Å². The predicted octanol–water partition coefficient (Wildman–Crippen LogP) is 5.55. The SMILES string of the molecule is CN(C)C(=O)/C=C/c1ccc2c(c1)C1Nc3ccc(C(O)(C(F)(F)F)C(F)(F)F)cc3C(C)(C)C1CO2. The maximum atomic E-state index is 13.5. The van der Waals surface area contributed by atoms with Crippen LogP contribution < -0.4 is 10.1 Å². The standard InChI is InChI=1S/C26H26F6N2O3/c1-23(2)17-12-15(24(36,25(27,28)29)26(30,31)32)7-8-19(17)33-22-16-11-14(6-10-21(35)34(3)4)5-9-20(16)37-13-18(22)23/h5-12,18,22,33,36H,13H2,1-4H3/b10-6+. The van der Waals surface area contributed by atoms with Crippen LogP contribution in [0.15, 0.2) is 42.5 Å². The molecule has 4 rings (SSSR count). The molecule has 5 nitrogen and oxygen atoms in total. The number of benzene rings is 2. The van der Waals surface area contributed by atoms with Crippen LogP contribution in [-0.4, -0.2) is 49.0 Å². The number of amides is 1. The van der Waals surface area contributed by atoms with E-state index in [1.165, 1.54) is 11.0 Å². The van der Waals surface area contributed by atoms with Crippen LogP contribution in [0.4, 0.5) is 32.0 Å². The number of hydrogen-bond acceptors (Lipinski definition) is 4. The monoisotopic (exact) mass is 528 g/mol. The minimum Gasteiger partial charge on any atom is -0.493 e. The molecule has 2 aromatic carbocycles. The van der Waals surface area contributed by atoms with Gasteiger partial charge >= 0.3 is 12.4 Å². The predicted molar refractivity (Wildman–Crippen MR) is 125 cm³/mol. The van der Waals surface area contributed by atoms with Crippen molar-refractivity contribution in [2.75, 3.05) is 26.0 Å². The summed E-state index contributed by atoms with van der Waals surface area (Å²) in [7, 11) is 3.25. The Balaban J connectivity index is 1.77. The molecule has 2 atom stereocenters. The lowest BCUT2D eigenvalue weighted by molar-refractivity contribution is -0.376. The van der Waals surface area contributed by atoms with Crippen LogP contribution in [0.25, 0.3) is 6.08 Å². The van der Waals surface area contributed by atoms with Gasteiger partial charge in [0.1, 0.15) is 5.75 Å². The summed E-state index contributed by atoms with van der Waals surface area (Å²) in [5, 5.41) is 13.2. The molecule has 0 spiro atoms. The largest absolute Gasteiger partial charge is 0.493 e. The first kappa shape index (κ1) is 26.8. The molecule has 2 heterocycles. The fourth-order valence-electron chi connectivity index (χ4n) is 4.94. The highest BCUT2D eigenvalue weighted by Crippen LogP contribution is 2.55. The van der Waals surface area contributed by atoms with Crippen molar-refractivity contribution in [1.82, 2.24) is 4.90 Å². The Morgan fingerprint density at radius 2 is 1.73 bits per heavy atom. The fraction of sp³-hybridized carbons (Fsp3) is 0.423. The van der Waals surface area contributed by atoms with Gasteiger partial charge in [-0.1, -0.05) is 26.0 Å². The van der Waals surface area contributed by atoms with Gasteiger partial charge in [0.05, 0.1) is 12.6 Å². The second kappa shape index (κ2) is 8.68. The molecule has 1 amide bonds. The fourth-order valence-corrected chi connectivity index (χ4v) is 4.94. The lowest BCUT2D eigenvalue weighted by Crippen LogP contribution is -2.54. The Hall–Kier alpha value is -3.21. The van der Waals surface area contributed by atoms with Gasteiger partial charge in [-0.05, 0) is 41.5 Å². The lowest BCUT2D eigenvalue weighted by atomic mass is 9.64. The number of nitrogens with zero attached hydrogens (tertiary/aromatic N) is 1. The van der Waals surface area contributed by atoms with Crippen molar-refractivity contribution in [2.24, 2.45) is 5.92 Å². The number of rotatable bonds is 3. The summed E-state index contributed by atoms with van der Waals surface area (Å²) in [4.78, 5) is 13.3. The minimum atomic E-state index is -5.97. The van der Waals surface area contributed by atoms with E-state index in [0.29, 0.717) is 17.5 Å². The van der Waals surface area contributed by atoms with Crippen LogP contribution in [-0.2, 0) is 15.8 Å². The van der Waals surface area contributed by atoms with Gasteiger partial charge in [0.25, 0.3) is 5.60 Å². The normalized spacial score (nSPS) is 20.8. The number of carbonyl (C=O) groups is 1. The molecule has 2 N–H and O–H groups in total. The van der Waals surface area contributed by atoms with Crippen molar-refractivity contribution in [3.05, 3.63) is 64.7 Å². The average molecular weight is 528 g/mol. The van der Waals surface area contributed by atoms with E-state index in [9.17, 15) is 36.2 Å². The maximum Gasteiger partial charge on any atom is 0.430 e. The van der Waals surface area contributed by atoms with Gasteiger partial charge in [-0.15, -0.1) is 0 Å². The third kappa shape index (κ3) is 4.32. The number of aliphatic hydroxyl groups is 1. The van der Waals surface area contributed by atoms with Gasteiger partial charge in [0.2, 0.25) is 5.91 Å². The molecule has 200 valence electrons. The highest BCUT2D eigenvalue weighted by atomic mass is 19.4. The summed E-state index contributed by atoms with van der Waals surface area (Å²) in [6, 6.07) is 7.57. The summed E-state index contributed by atoms with van der Waals surface area (Å²) in [5.41, 5.74) is -5.20. The third-order valence-corrected chi connectivity index (χ3v) is 7.24. The zero-order valence-electron chi connectivity index (χ0n) is 20.5. The second-order valence-corrected chi connectivity index (χ2v) is 10.1. The molecule has 0 saturated heterocycles. The van der Waals surface area contributed by atoms with Gasteiger partial charge in [0.15, 0.2) is 0 Å². The molecule has 11 heteroatoms. The number of hydrogen-bond donors (Lipinski definition) is 2. The van der Waals surface area contributed by atoms with Gasteiger partial charge < -0.3 is 20.1 Å². The quantitative estimate of drug-likeness (QED) is 0.405. The Bertz CT molecular complexity index is 1240. The van der Waals surface area contributed by atoms with E-state index >= 15 is 0 Å². The van der Waals surface area contributed by atoms with Gasteiger partial charge in [-0.3, -0.25) is 4.79 Å². The highest BCUT2D eigenvalue weighted by molar-refractivity contribution is 5.91. The van der Waals surface area contributed by atoms with Crippen LogP contribution in [0.1, 0.15) is 42.1 Å². The number of ether oxygens (including phenoxy) is 1. The van der Waals surface area contributed by atoms with Crippen molar-refractivity contribution in [1.29, 1.82) is 0 Å². The van der Waals surface area contributed by atoms with E-state index in [4.69, 9.17) is 4.74 Å². The molecule has 0 aliphatic carbocycles. The zero-order valence-corrected chi connectivity index (χ0v) is 20.5. The first-order chi connectivity index (χ1) is 17.0. The van der Waals surface area contributed by atoms with E-state index in [-0.39, 0.29) is 30.0 Å². The van der Waals surface area contributed by atoms with Crippen LogP contribution in [0.5, 0.6) is 5.75 Å². The van der Waals surface area contributed by atoms with Crippen LogP contribution >= 0.6 is 0 Å². The van der Waals surface area contributed by atoms with Crippen molar-refractivity contribution in [3.8, 4) is 5.75 Å². The molecule has 0 saturated carbocycles. The summed E-state index contributed by atoms with van der Waals surface area (Å²) in [6.45, 7) is 3.61. The molecule has 0 radical (unpaired) electrons.